The molecule has 1 saturated heterocycles. The molecule has 8 heteroatoms. The summed E-state index contributed by atoms with van der Waals surface area (Å²) >= 11 is 0. The number of sulfonamides is 1. The van der Waals surface area contributed by atoms with Gasteiger partial charge in [-0.2, -0.15) is 4.31 Å². The first-order chi connectivity index (χ1) is 8.29. The molecule has 1 rings (SSSR count). The van der Waals surface area contributed by atoms with Gasteiger partial charge in [-0.05, 0) is 19.3 Å². The maximum Gasteiger partial charge on any atom is 0.322 e. The number of carbonyl (C=O) groups excluding carboxylic acids is 1. The number of carbonyl (C=O) groups is 2. The van der Waals surface area contributed by atoms with Gasteiger partial charge in [0.15, 0.2) is 5.75 Å². The van der Waals surface area contributed by atoms with Gasteiger partial charge in [0.2, 0.25) is 10.0 Å². The van der Waals surface area contributed by atoms with E-state index < -0.39 is 33.8 Å². The Morgan fingerprint density at radius 3 is 2.56 bits per heavy atom. The van der Waals surface area contributed by atoms with Crippen molar-refractivity contribution in [2.45, 2.75) is 26.3 Å². The fourth-order valence-corrected chi connectivity index (χ4v) is 3.60. The first kappa shape index (κ1) is 14.9. The fourth-order valence-electron chi connectivity index (χ4n) is 2.02. The number of carboxylic acids is 1. The molecular weight excluding hydrogens is 262 g/mol. The van der Waals surface area contributed by atoms with Crippen LogP contribution in [0.1, 0.15) is 20.3 Å². The molecule has 1 aliphatic rings. The van der Waals surface area contributed by atoms with Crippen LogP contribution in [0.15, 0.2) is 0 Å². The summed E-state index contributed by atoms with van der Waals surface area (Å²) in [6.45, 7) is 3.47. The minimum Gasteiger partial charge on any atom is -0.480 e. The second kappa shape index (κ2) is 5.66. The van der Waals surface area contributed by atoms with Crippen LogP contribution in [-0.2, 0) is 24.3 Å². The molecule has 104 valence electrons. The lowest BCUT2D eigenvalue weighted by atomic mass is 10.0. The maximum atomic E-state index is 11.9. The molecule has 1 heterocycles. The Hall–Kier alpha value is -1.15. The van der Waals surface area contributed by atoms with E-state index in [-0.39, 0.29) is 19.1 Å². The number of rotatable bonds is 5. The van der Waals surface area contributed by atoms with Crippen LogP contribution in [-0.4, -0.2) is 54.7 Å². The summed E-state index contributed by atoms with van der Waals surface area (Å²) in [5.74, 6) is -3.12. The standard InChI is InChI=1S/C10H17NO6S/c1-3-17-8(12)6-18(15,16)11-5-4-7(2)9(11)10(13)14/h7,9H,3-6H2,1-2H3,(H,13,14). The molecule has 2 atom stereocenters. The molecule has 0 bridgehead atoms. The van der Waals surface area contributed by atoms with Crippen LogP contribution >= 0.6 is 0 Å². The summed E-state index contributed by atoms with van der Waals surface area (Å²) in [4.78, 5) is 22.3. The highest BCUT2D eigenvalue weighted by Crippen LogP contribution is 2.27. The van der Waals surface area contributed by atoms with E-state index in [0.29, 0.717) is 6.42 Å². The Kier molecular flexibility index (Phi) is 4.69. The Labute approximate surface area is 106 Å². The third-order valence-electron chi connectivity index (χ3n) is 2.87. The Bertz CT molecular complexity index is 432. The van der Waals surface area contributed by atoms with Gasteiger partial charge in [0.05, 0.1) is 6.61 Å². The molecule has 0 saturated carbocycles. The summed E-state index contributed by atoms with van der Waals surface area (Å²) in [5.41, 5.74) is 0. The van der Waals surface area contributed by atoms with Gasteiger partial charge in [-0.3, -0.25) is 9.59 Å². The van der Waals surface area contributed by atoms with Crippen LogP contribution in [0.5, 0.6) is 0 Å². The van der Waals surface area contributed by atoms with Crippen molar-refractivity contribution in [3.8, 4) is 0 Å². The molecule has 1 fully saturated rings. The van der Waals surface area contributed by atoms with Crippen molar-refractivity contribution in [1.82, 2.24) is 4.31 Å². The normalized spacial score (nSPS) is 25.0. The average molecular weight is 279 g/mol. The minimum atomic E-state index is -3.93. The topological polar surface area (TPSA) is 101 Å². The van der Waals surface area contributed by atoms with Gasteiger partial charge < -0.3 is 9.84 Å². The van der Waals surface area contributed by atoms with Crippen molar-refractivity contribution in [3.05, 3.63) is 0 Å². The van der Waals surface area contributed by atoms with E-state index in [2.05, 4.69) is 4.74 Å². The molecule has 0 radical (unpaired) electrons. The predicted molar refractivity (Wildman–Crippen MR) is 62.3 cm³/mol. The van der Waals surface area contributed by atoms with Crippen molar-refractivity contribution in [3.63, 3.8) is 0 Å². The van der Waals surface area contributed by atoms with Crippen molar-refractivity contribution in [1.29, 1.82) is 0 Å². The predicted octanol–water partition coefficient (Wildman–Crippen LogP) is -0.326. The molecule has 1 aliphatic heterocycles. The van der Waals surface area contributed by atoms with Crippen molar-refractivity contribution < 1.29 is 27.9 Å². The number of carboxylic acid groups (broad SMARTS) is 1. The van der Waals surface area contributed by atoms with Gasteiger partial charge in [-0.25, -0.2) is 8.42 Å². The Balaban J connectivity index is 2.85. The summed E-state index contributed by atoms with van der Waals surface area (Å²) < 4.78 is 29.3. The van der Waals surface area contributed by atoms with Crippen LogP contribution in [0, 0.1) is 5.92 Å². The van der Waals surface area contributed by atoms with Gasteiger partial charge in [0, 0.05) is 6.54 Å². The van der Waals surface area contributed by atoms with Crippen molar-refractivity contribution in [2.24, 2.45) is 5.92 Å². The number of ether oxygens (including phenoxy) is 1. The van der Waals surface area contributed by atoms with E-state index in [9.17, 15) is 18.0 Å². The minimum absolute atomic E-state index is 0.0904. The lowest BCUT2D eigenvalue weighted by Gasteiger charge is -2.22. The zero-order valence-electron chi connectivity index (χ0n) is 10.3. The van der Waals surface area contributed by atoms with E-state index in [1.165, 1.54) is 0 Å². The number of nitrogens with zero attached hydrogens (tertiary/aromatic N) is 1. The second-order valence-electron chi connectivity index (χ2n) is 4.22. The molecule has 0 aromatic heterocycles. The van der Waals surface area contributed by atoms with Gasteiger partial charge >= 0.3 is 11.9 Å². The average Bonchev–Trinajstić information content (AvgIpc) is 2.60. The van der Waals surface area contributed by atoms with E-state index in [0.717, 1.165) is 4.31 Å². The molecule has 0 aliphatic carbocycles. The third kappa shape index (κ3) is 3.20. The SMILES string of the molecule is CCOC(=O)CS(=O)(=O)N1CCC(C)C1C(=O)O. The molecule has 0 amide bonds. The fraction of sp³-hybridized carbons (Fsp3) is 0.800. The molecule has 2 unspecified atom stereocenters. The highest BCUT2D eigenvalue weighted by Gasteiger charge is 2.43. The van der Waals surface area contributed by atoms with E-state index in [4.69, 9.17) is 5.11 Å². The van der Waals surface area contributed by atoms with Crippen LogP contribution in [0.25, 0.3) is 0 Å². The highest BCUT2D eigenvalue weighted by molar-refractivity contribution is 7.89. The van der Waals surface area contributed by atoms with Gasteiger partial charge in [-0.1, -0.05) is 6.92 Å². The zero-order valence-corrected chi connectivity index (χ0v) is 11.1. The maximum absolute atomic E-state index is 11.9. The second-order valence-corrected chi connectivity index (χ2v) is 6.14. The smallest absolute Gasteiger partial charge is 0.322 e. The number of hydrogen-bond donors (Lipinski definition) is 1. The first-order valence-corrected chi connectivity index (χ1v) is 7.28. The molecule has 7 nitrogen and oxygen atoms in total. The van der Waals surface area contributed by atoms with E-state index in [1.54, 1.807) is 13.8 Å². The summed E-state index contributed by atoms with van der Waals surface area (Å²) in [6, 6.07) is -1.09. The van der Waals surface area contributed by atoms with Crippen LogP contribution in [0.2, 0.25) is 0 Å². The first-order valence-electron chi connectivity index (χ1n) is 5.67. The van der Waals surface area contributed by atoms with Crippen LogP contribution in [0.4, 0.5) is 0 Å². The molecule has 18 heavy (non-hydrogen) atoms. The lowest BCUT2D eigenvalue weighted by molar-refractivity contribution is -0.142. The van der Waals surface area contributed by atoms with Crippen LogP contribution in [0.3, 0.4) is 0 Å². The Morgan fingerprint density at radius 2 is 2.06 bits per heavy atom. The highest BCUT2D eigenvalue weighted by atomic mass is 32.2. The number of esters is 1. The quantitative estimate of drug-likeness (QED) is 0.692. The lowest BCUT2D eigenvalue weighted by Crippen LogP contribution is -2.45. The Morgan fingerprint density at radius 1 is 1.44 bits per heavy atom. The van der Waals surface area contributed by atoms with Gasteiger partial charge in [0.25, 0.3) is 0 Å². The van der Waals surface area contributed by atoms with Gasteiger partial charge in [-0.15, -0.1) is 0 Å². The number of hydrogen-bond acceptors (Lipinski definition) is 5. The molecular formula is C10H17NO6S. The van der Waals surface area contributed by atoms with Crippen molar-refractivity contribution >= 4 is 22.0 Å². The van der Waals surface area contributed by atoms with Crippen molar-refractivity contribution in [2.75, 3.05) is 18.9 Å². The summed E-state index contributed by atoms with van der Waals surface area (Å²) in [6.07, 6.45) is 0.471. The van der Waals surface area contributed by atoms with Gasteiger partial charge in [0.1, 0.15) is 6.04 Å². The molecule has 0 aromatic carbocycles. The van der Waals surface area contributed by atoms with E-state index >= 15 is 0 Å². The largest absolute Gasteiger partial charge is 0.480 e. The molecule has 0 aromatic rings. The molecule has 0 spiro atoms. The molecule has 1 N–H and O–H groups in total. The van der Waals surface area contributed by atoms with Crippen LogP contribution < -0.4 is 0 Å². The third-order valence-corrected chi connectivity index (χ3v) is 4.59. The monoisotopic (exact) mass is 279 g/mol. The summed E-state index contributed by atoms with van der Waals surface area (Å²) in [5, 5.41) is 9.03. The van der Waals surface area contributed by atoms with E-state index in [1.807, 2.05) is 0 Å². The summed E-state index contributed by atoms with van der Waals surface area (Å²) in [7, 11) is -3.93. The number of aliphatic carboxylic acids is 1. The zero-order chi connectivity index (χ0) is 13.9.